The second-order valence-corrected chi connectivity index (χ2v) is 9.12. The Balaban J connectivity index is 1.52. The summed E-state index contributed by atoms with van der Waals surface area (Å²) < 4.78 is 4.54. The van der Waals surface area contributed by atoms with Crippen LogP contribution in [0.5, 0.6) is 0 Å². The summed E-state index contributed by atoms with van der Waals surface area (Å²) in [5.41, 5.74) is 8.60. The third-order valence-electron chi connectivity index (χ3n) is 7.10. The lowest BCUT2D eigenvalue weighted by Crippen LogP contribution is -2.02. The highest BCUT2D eigenvalue weighted by atomic mass is 15.0. The van der Waals surface area contributed by atoms with Gasteiger partial charge < -0.3 is 9.13 Å². The van der Waals surface area contributed by atoms with Crippen molar-refractivity contribution in [3.8, 4) is 23.5 Å². The summed E-state index contributed by atoms with van der Waals surface area (Å²) in [5, 5.41) is 22.4. The number of pyridine rings is 1. The summed E-state index contributed by atoms with van der Waals surface area (Å²) in [7, 11) is 0. The molecule has 0 amide bonds. The Morgan fingerprint density at radius 1 is 0.730 bits per heavy atom. The van der Waals surface area contributed by atoms with E-state index in [0.717, 1.165) is 50.0 Å². The van der Waals surface area contributed by atoms with Crippen molar-refractivity contribution in [2.45, 2.75) is 6.42 Å². The van der Waals surface area contributed by atoms with E-state index in [1.54, 1.807) is 0 Å². The first-order valence-electron chi connectivity index (χ1n) is 12.1. The number of fused-ring (bicyclic) bond motifs is 6. The van der Waals surface area contributed by atoms with E-state index in [1.165, 1.54) is 5.39 Å². The molecule has 5 heteroatoms. The molecule has 0 spiro atoms. The molecule has 0 unspecified atom stereocenters. The average Bonchev–Trinajstić information content (AvgIpc) is 3.35. The van der Waals surface area contributed by atoms with Gasteiger partial charge in [0.15, 0.2) is 0 Å². The maximum Gasteiger partial charge on any atom is 0.0991 e. The van der Waals surface area contributed by atoms with Crippen molar-refractivity contribution in [1.29, 1.82) is 10.5 Å². The average molecular weight is 474 g/mol. The predicted molar refractivity (Wildman–Crippen MR) is 147 cm³/mol. The molecule has 0 bridgehead atoms. The largest absolute Gasteiger partial charge is 0.313 e. The van der Waals surface area contributed by atoms with Gasteiger partial charge in [-0.25, -0.2) is 0 Å². The van der Waals surface area contributed by atoms with E-state index in [1.807, 2.05) is 48.8 Å². The van der Waals surface area contributed by atoms with Gasteiger partial charge in [-0.3, -0.25) is 4.98 Å². The van der Waals surface area contributed by atoms with Gasteiger partial charge in [-0.2, -0.15) is 10.5 Å². The molecule has 0 aliphatic heterocycles. The van der Waals surface area contributed by atoms with E-state index < -0.39 is 0 Å². The maximum atomic E-state index is 9.62. The Labute approximate surface area is 213 Å². The minimum absolute atomic E-state index is 0.601. The van der Waals surface area contributed by atoms with Gasteiger partial charge in [-0.15, -0.1) is 0 Å². The van der Waals surface area contributed by atoms with Gasteiger partial charge in [0, 0.05) is 57.6 Å². The second kappa shape index (κ2) is 8.09. The van der Waals surface area contributed by atoms with Crippen LogP contribution in [-0.2, 0) is 6.42 Å². The summed E-state index contributed by atoms with van der Waals surface area (Å²) in [6.45, 7) is 0. The molecule has 0 saturated carbocycles. The van der Waals surface area contributed by atoms with Crippen LogP contribution in [0.4, 0.5) is 0 Å². The molecule has 3 aromatic heterocycles. The monoisotopic (exact) mass is 473 g/mol. The first kappa shape index (κ1) is 20.9. The van der Waals surface area contributed by atoms with Crippen LogP contribution in [-0.4, -0.2) is 14.1 Å². The molecule has 0 N–H and O–H groups in total. The van der Waals surface area contributed by atoms with Crippen molar-refractivity contribution in [3.05, 3.63) is 120 Å². The van der Waals surface area contributed by atoms with E-state index in [9.17, 15) is 10.5 Å². The van der Waals surface area contributed by atoms with Crippen LogP contribution < -0.4 is 0 Å². The van der Waals surface area contributed by atoms with Crippen LogP contribution in [0.3, 0.4) is 0 Å². The maximum absolute atomic E-state index is 9.62. The third-order valence-corrected chi connectivity index (χ3v) is 7.10. The molecule has 37 heavy (non-hydrogen) atoms. The molecule has 172 valence electrons. The lowest BCUT2D eigenvalue weighted by molar-refractivity contribution is 0.997. The molecular formula is C32H19N5. The Morgan fingerprint density at radius 3 is 2.41 bits per heavy atom. The Bertz CT molecular complexity index is 1980. The van der Waals surface area contributed by atoms with E-state index in [0.29, 0.717) is 17.6 Å². The van der Waals surface area contributed by atoms with Crippen LogP contribution in [0.1, 0.15) is 16.8 Å². The molecule has 5 nitrogen and oxygen atoms in total. The number of benzene rings is 3. The smallest absolute Gasteiger partial charge is 0.0991 e. The highest BCUT2D eigenvalue weighted by molar-refractivity contribution is 6.08. The van der Waals surface area contributed by atoms with Crippen LogP contribution >= 0.6 is 0 Å². The van der Waals surface area contributed by atoms with Crippen LogP contribution in [0.15, 0.2) is 103 Å². The summed E-state index contributed by atoms with van der Waals surface area (Å²) in [6.07, 6.45) is 10.3. The molecule has 0 saturated heterocycles. The molecule has 0 fully saturated rings. The van der Waals surface area contributed by atoms with E-state index in [2.05, 4.69) is 80.9 Å². The molecule has 3 heterocycles. The van der Waals surface area contributed by atoms with Crippen molar-refractivity contribution < 1.29 is 0 Å². The van der Waals surface area contributed by atoms with Crippen molar-refractivity contribution in [2.75, 3.05) is 0 Å². The number of hydrogen-bond acceptors (Lipinski definition) is 3. The number of para-hydroxylation sites is 1. The molecular weight excluding hydrogens is 454 g/mol. The lowest BCUT2D eigenvalue weighted by atomic mass is 10.1. The van der Waals surface area contributed by atoms with Gasteiger partial charge in [0.1, 0.15) is 0 Å². The number of nitriles is 2. The first-order valence-corrected chi connectivity index (χ1v) is 12.1. The number of nitrogens with zero attached hydrogens (tertiary/aromatic N) is 5. The van der Waals surface area contributed by atoms with Gasteiger partial charge in [0.25, 0.3) is 0 Å². The highest BCUT2D eigenvalue weighted by Gasteiger charge is 2.20. The molecule has 6 aromatic rings. The lowest BCUT2D eigenvalue weighted by Gasteiger charge is -2.14. The minimum Gasteiger partial charge on any atom is -0.313 e. The quantitative estimate of drug-likeness (QED) is 0.271. The van der Waals surface area contributed by atoms with Crippen molar-refractivity contribution in [3.63, 3.8) is 0 Å². The second-order valence-electron chi connectivity index (χ2n) is 9.12. The number of rotatable bonds is 2. The fourth-order valence-electron chi connectivity index (χ4n) is 5.53. The first-order chi connectivity index (χ1) is 18.3. The highest BCUT2D eigenvalue weighted by Crippen LogP contribution is 2.36. The predicted octanol–water partition coefficient (Wildman–Crippen LogP) is 7.01. The van der Waals surface area contributed by atoms with Gasteiger partial charge in [0.2, 0.25) is 0 Å². The molecule has 1 aliphatic rings. The molecule has 7 rings (SSSR count). The van der Waals surface area contributed by atoms with Crippen LogP contribution in [0.25, 0.3) is 50.2 Å². The molecule has 3 aromatic carbocycles. The SMILES string of the molecule is N#CC1=Cc2c(n(-c3cccc(-n4c5ccccc5c5cnccc54)c3)c3ccc(C#N)cc23)CC=C1. The fraction of sp³-hybridized carbons (Fsp3) is 0.0312. The topological polar surface area (TPSA) is 70.3 Å². The zero-order valence-electron chi connectivity index (χ0n) is 19.8. The number of aromatic nitrogens is 3. The summed E-state index contributed by atoms with van der Waals surface area (Å²) >= 11 is 0. The normalized spacial score (nSPS) is 12.8. The van der Waals surface area contributed by atoms with Gasteiger partial charge in [-0.1, -0.05) is 30.3 Å². The van der Waals surface area contributed by atoms with Gasteiger partial charge >= 0.3 is 0 Å². The summed E-state index contributed by atoms with van der Waals surface area (Å²) in [5.74, 6) is 0. The van der Waals surface area contributed by atoms with Crippen molar-refractivity contribution in [2.24, 2.45) is 0 Å². The summed E-state index contributed by atoms with van der Waals surface area (Å²) in [6, 6.07) is 29.3. The standard InChI is InChI=1S/C32H19N5/c33-18-21-5-3-10-30-26(15-21)27-16-22(19-34)11-12-31(27)37(30)24-7-4-6-23(17-24)36-29-9-2-1-8-25(29)28-20-35-14-13-32(28)36/h1-9,11-17,20H,10H2. The zero-order chi connectivity index (χ0) is 24.9. The zero-order valence-corrected chi connectivity index (χ0v) is 19.8. The third kappa shape index (κ3) is 3.12. The molecule has 1 aliphatic carbocycles. The van der Waals surface area contributed by atoms with E-state index >= 15 is 0 Å². The fourth-order valence-corrected chi connectivity index (χ4v) is 5.53. The Morgan fingerprint density at radius 2 is 1.54 bits per heavy atom. The Hall–Kier alpha value is -5.39. The van der Waals surface area contributed by atoms with E-state index in [4.69, 9.17) is 0 Å². The molecule has 0 atom stereocenters. The molecule has 0 radical (unpaired) electrons. The number of allylic oxidation sites excluding steroid dienone is 3. The minimum atomic E-state index is 0.601. The van der Waals surface area contributed by atoms with Crippen molar-refractivity contribution >= 4 is 38.8 Å². The van der Waals surface area contributed by atoms with Crippen LogP contribution in [0.2, 0.25) is 0 Å². The van der Waals surface area contributed by atoms with E-state index in [-0.39, 0.29) is 0 Å². The number of hydrogen-bond donors (Lipinski definition) is 0. The van der Waals surface area contributed by atoms with Crippen molar-refractivity contribution in [1.82, 2.24) is 14.1 Å². The Kier molecular flexibility index (Phi) is 4.58. The van der Waals surface area contributed by atoms with Crippen LogP contribution in [0, 0.1) is 22.7 Å². The van der Waals surface area contributed by atoms with Gasteiger partial charge in [-0.05, 0) is 60.7 Å². The van der Waals surface area contributed by atoms with Gasteiger partial charge in [0.05, 0.1) is 39.8 Å². The summed E-state index contributed by atoms with van der Waals surface area (Å²) in [4.78, 5) is 4.37.